The summed E-state index contributed by atoms with van der Waals surface area (Å²) in [6.45, 7) is 6.57. The van der Waals surface area contributed by atoms with E-state index < -0.39 is 0 Å². The number of nitrogens with zero attached hydrogens (tertiary/aromatic N) is 1. The number of thioether (sulfide) groups is 1. The Hall–Kier alpha value is 0.0700. The summed E-state index contributed by atoms with van der Waals surface area (Å²) >= 11 is 7.76. The molecule has 1 aromatic rings. The highest BCUT2D eigenvalue weighted by molar-refractivity contribution is 7.99. The summed E-state index contributed by atoms with van der Waals surface area (Å²) in [7, 11) is 0. The highest BCUT2D eigenvalue weighted by Gasteiger charge is 2.31. The molecule has 1 aromatic carbocycles. The van der Waals surface area contributed by atoms with Gasteiger partial charge < -0.3 is 10.6 Å². The maximum absolute atomic E-state index is 5.87. The Morgan fingerprint density at radius 2 is 2.05 bits per heavy atom. The fourth-order valence-electron chi connectivity index (χ4n) is 2.31. The molecule has 1 saturated heterocycles. The van der Waals surface area contributed by atoms with Gasteiger partial charge in [0.2, 0.25) is 0 Å². The van der Waals surface area contributed by atoms with Crippen LogP contribution in [-0.2, 0) is 0 Å². The number of hydrogen-bond donors (Lipinski definition) is 1. The van der Waals surface area contributed by atoms with Gasteiger partial charge in [0.15, 0.2) is 0 Å². The van der Waals surface area contributed by atoms with Crippen molar-refractivity contribution in [3.8, 4) is 0 Å². The third-order valence-electron chi connectivity index (χ3n) is 3.62. The zero-order valence-corrected chi connectivity index (χ0v) is 13.7. The van der Waals surface area contributed by atoms with Gasteiger partial charge in [-0.2, -0.15) is 0 Å². The molecule has 5 heteroatoms. The minimum atomic E-state index is 0. The second kappa shape index (κ2) is 7.75. The summed E-state index contributed by atoms with van der Waals surface area (Å²) in [5, 5.41) is 0.803. The van der Waals surface area contributed by atoms with E-state index in [9.17, 15) is 0 Å². The highest BCUT2D eigenvalue weighted by Crippen LogP contribution is 2.29. The van der Waals surface area contributed by atoms with Crippen molar-refractivity contribution in [2.24, 2.45) is 11.1 Å². The Labute approximate surface area is 131 Å². The minimum absolute atomic E-state index is 0. The van der Waals surface area contributed by atoms with E-state index in [1.54, 1.807) is 0 Å². The van der Waals surface area contributed by atoms with Crippen LogP contribution < -0.4 is 5.73 Å². The molecule has 0 saturated carbocycles. The molecule has 0 spiro atoms. The van der Waals surface area contributed by atoms with E-state index in [1.807, 2.05) is 23.9 Å². The van der Waals surface area contributed by atoms with Gasteiger partial charge >= 0.3 is 0 Å². The molecule has 108 valence electrons. The molecule has 1 aliphatic heterocycles. The van der Waals surface area contributed by atoms with Crippen LogP contribution in [0.3, 0.4) is 0 Å². The standard InChI is InChI=1S/C14H21ClN2S.ClH/c1-14(10-16)6-7-17(11-14)8-9-18-13-4-2-12(15)3-5-13;/h2-5H,6-11,16H2,1H3;1H. The molecule has 0 aromatic heterocycles. The lowest BCUT2D eigenvalue weighted by Gasteiger charge is -2.22. The zero-order valence-electron chi connectivity index (χ0n) is 11.3. The van der Waals surface area contributed by atoms with Gasteiger partial charge in [-0.15, -0.1) is 24.2 Å². The number of benzene rings is 1. The molecular weight excluding hydrogens is 299 g/mol. The maximum atomic E-state index is 5.87. The number of halogens is 2. The average Bonchev–Trinajstić information content (AvgIpc) is 2.75. The van der Waals surface area contributed by atoms with Crippen molar-refractivity contribution in [3.05, 3.63) is 29.3 Å². The highest BCUT2D eigenvalue weighted by atomic mass is 35.5. The number of nitrogens with two attached hydrogens (primary N) is 1. The van der Waals surface area contributed by atoms with Crippen molar-refractivity contribution >= 4 is 35.8 Å². The Morgan fingerprint density at radius 1 is 1.37 bits per heavy atom. The summed E-state index contributed by atoms with van der Waals surface area (Å²) in [5.41, 5.74) is 6.16. The van der Waals surface area contributed by atoms with Crippen LogP contribution in [0, 0.1) is 5.41 Å². The fourth-order valence-corrected chi connectivity index (χ4v) is 3.35. The van der Waals surface area contributed by atoms with Crippen molar-refractivity contribution in [1.82, 2.24) is 4.90 Å². The van der Waals surface area contributed by atoms with Crippen LogP contribution in [-0.4, -0.2) is 36.8 Å². The first-order valence-corrected chi connectivity index (χ1v) is 7.78. The second-order valence-corrected chi connectivity index (χ2v) is 6.95. The molecule has 0 amide bonds. The van der Waals surface area contributed by atoms with Crippen LogP contribution in [0.5, 0.6) is 0 Å². The van der Waals surface area contributed by atoms with E-state index in [0.29, 0.717) is 5.41 Å². The van der Waals surface area contributed by atoms with Crippen LogP contribution >= 0.6 is 35.8 Å². The van der Waals surface area contributed by atoms with Crippen molar-refractivity contribution < 1.29 is 0 Å². The minimum Gasteiger partial charge on any atom is -0.330 e. The van der Waals surface area contributed by atoms with E-state index in [4.69, 9.17) is 17.3 Å². The molecule has 19 heavy (non-hydrogen) atoms. The SMILES string of the molecule is CC1(CN)CCN(CCSc2ccc(Cl)cc2)C1.Cl. The normalized spacial score (nSPS) is 23.3. The quantitative estimate of drug-likeness (QED) is 0.841. The van der Waals surface area contributed by atoms with Gasteiger partial charge in [0.25, 0.3) is 0 Å². The molecule has 1 heterocycles. The molecule has 1 aliphatic rings. The van der Waals surface area contributed by atoms with E-state index in [1.165, 1.54) is 17.9 Å². The molecular formula is C14H22Cl2N2S. The van der Waals surface area contributed by atoms with Gasteiger partial charge in [-0.05, 0) is 49.2 Å². The monoisotopic (exact) mass is 320 g/mol. The molecule has 1 atom stereocenters. The van der Waals surface area contributed by atoms with Gasteiger partial charge in [-0.3, -0.25) is 0 Å². The summed E-state index contributed by atoms with van der Waals surface area (Å²) in [6.07, 6.45) is 1.23. The predicted octanol–water partition coefficient (Wildman–Crippen LogP) is 3.52. The summed E-state index contributed by atoms with van der Waals surface area (Å²) in [6, 6.07) is 8.07. The third-order valence-corrected chi connectivity index (χ3v) is 4.86. The summed E-state index contributed by atoms with van der Waals surface area (Å²) in [4.78, 5) is 3.82. The van der Waals surface area contributed by atoms with Crippen LogP contribution in [0.2, 0.25) is 5.02 Å². The molecule has 2 N–H and O–H groups in total. The smallest absolute Gasteiger partial charge is 0.0406 e. The topological polar surface area (TPSA) is 29.3 Å². The first-order valence-electron chi connectivity index (χ1n) is 6.42. The largest absolute Gasteiger partial charge is 0.330 e. The van der Waals surface area contributed by atoms with Gasteiger partial charge in [-0.25, -0.2) is 0 Å². The van der Waals surface area contributed by atoms with Gasteiger partial charge in [0.05, 0.1) is 0 Å². The lowest BCUT2D eigenvalue weighted by molar-refractivity contribution is 0.293. The Balaban J connectivity index is 0.00000180. The molecule has 0 bridgehead atoms. The number of likely N-dealkylation sites (tertiary alicyclic amines) is 1. The molecule has 0 aliphatic carbocycles. The van der Waals surface area contributed by atoms with Gasteiger partial charge in [-0.1, -0.05) is 18.5 Å². The van der Waals surface area contributed by atoms with Gasteiger partial charge in [0.1, 0.15) is 0 Å². The van der Waals surface area contributed by atoms with Crippen molar-refractivity contribution in [2.75, 3.05) is 31.9 Å². The third kappa shape index (κ3) is 5.16. The van der Waals surface area contributed by atoms with Gasteiger partial charge in [0, 0.05) is 28.8 Å². The first-order chi connectivity index (χ1) is 8.61. The van der Waals surface area contributed by atoms with E-state index in [-0.39, 0.29) is 12.4 Å². The summed E-state index contributed by atoms with van der Waals surface area (Å²) < 4.78 is 0. The molecule has 1 fully saturated rings. The van der Waals surface area contributed by atoms with Crippen molar-refractivity contribution in [2.45, 2.75) is 18.2 Å². The van der Waals surface area contributed by atoms with Crippen LogP contribution in [0.25, 0.3) is 0 Å². The van der Waals surface area contributed by atoms with Crippen LogP contribution in [0.4, 0.5) is 0 Å². The lowest BCUT2D eigenvalue weighted by atomic mass is 9.90. The average molecular weight is 321 g/mol. The van der Waals surface area contributed by atoms with E-state index in [0.717, 1.165) is 30.4 Å². The molecule has 1 unspecified atom stereocenters. The zero-order chi connectivity index (χ0) is 13.0. The molecule has 2 rings (SSSR count). The molecule has 0 radical (unpaired) electrons. The summed E-state index contributed by atoms with van der Waals surface area (Å²) in [5.74, 6) is 1.13. The lowest BCUT2D eigenvalue weighted by Crippen LogP contribution is -2.32. The Morgan fingerprint density at radius 3 is 2.63 bits per heavy atom. The van der Waals surface area contributed by atoms with E-state index >= 15 is 0 Å². The molecule has 2 nitrogen and oxygen atoms in total. The van der Waals surface area contributed by atoms with Crippen molar-refractivity contribution in [3.63, 3.8) is 0 Å². The Bertz CT molecular complexity index is 386. The van der Waals surface area contributed by atoms with Crippen molar-refractivity contribution in [1.29, 1.82) is 0 Å². The predicted molar refractivity (Wildman–Crippen MR) is 87.6 cm³/mol. The first kappa shape index (κ1) is 17.1. The number of rotatable bonds is 5. The maximum Gasteiger partial charge on any atom is 0.0406 e. The fraction of sp³-hybridized carbons (Fsp3) is 0.571. The second-order valence-electron chi connectivity index (χ2n) is 5.34. The Kier molecular flexibility index (Phi) is 6.98. The van der Waals surface area contributed by atoms with Crippen LogP contribution in [0.15, 0.2) is 29.2 Å². The van der Waals surface area contributed by atoms with E-state index in [2.05, 4.69) is 24.0 Å². The van der Waals surface area contributed by atoms with Crippen LogP contribution in [0.1, 0.15) is 13.3 Å². The number of hydrogen-bond acceptors (Lipinski definition) is 3.